The number of aromatic amines is 1. The van der Waals surface area contributed by atoms with Crippen LogP contribution in [0.1, 0.15) is 54.7 Å². The van der Waals surface area contributed by atoms with Crippen LogP contribution in [0.25, 0.3) is 5.78 Å². The molecule has 1 amide bonds. The maximum absolute atomic E-state index is 12.6. The molecule has 1 saturated carbocycles. The number of hydrogen-bond acceptors (Lipinski definition) is 6. The Labute approximate surface area is 174 Å². The smallest absolute Gasteiger partial charge is 0.253 e. The molecule has 0 saturated heterocycles. The summed E-state index contributed by atoms with van der Waals surface area (Å²) >= 11 is 1.47. The first-order chi connectivity index (χ1) is 14.0. The van der Waals surface area contributed by atoms with Crippen LogP contribution in [0.2, 0.25) is 0 Å². The number of nitrogens with zero attached hydrogens (tertiary/aromatic N) is 5. The lowest BCUT2D eigenvalue weighted by Crippen LogP contribution is -2.18. The van der Waals surface area contributed by atoms with Crippen LogP contribution in [-0.2, 0) is 17.6 Å². The van der Waals surface area contributed by atoms with Gasteiger partial charge in [-0.25, -0.2) is 9.50 Å². The molecule has 9 heteroatoms. The monoisotopic (exact) mass is 413 g/mol. The maximum atomic E-state index is 12.6. The topological polar surface area (TPSA) is 101 Å². The lowest BCUT2D eigenvalue weighted by atomic mass is 9.86. The van der Waals surface area contributed by atoms with Crippen LogP contribution in [0, 0.1) is 19.8 Å². The Morgan fingerprint density at radius 2 is 2.07 bits per heavy atom. The molecule has 1 fully saturated rings. The van der Waals surface area contributed by atoms with Gasteiger partial charge in [0.1, 0.15) is 0 Å². The third-order valence-electron chi connectivity index (χ3n) is 5.68. The zero-order valence-electron chi connectivity index (χ0n) is 17.2. The highest BCUT2D eigenvalue weighted by molar-refractivity contribution is 7.98. The molecule has 0 aromatic carbocycles. The number of nitrogens with one attached hydrogen (secondary N) is 2. The molecule has 0 unspecified atom stereocenters. The molecule has 1 aliphatic rings. The summed E-state index contributed by atoms with van der Waals surface area (Å²) in [5.74, 6) is 1.76. The summed E-state index contributed by atoms with van der Waals surface area (Å²) in [5.41, 5.74) is 3.64. The Morgan fingerprint density at radius 3 is 2.83 bits per heavy atom. The fraction of sp³-hybridized carbons (Fsp3) is 0.550. The van der Waals surface area contributed by atoms with Crippen molar-refractivity contribution in [3.63, 3.8) is 0 Å². The van der Waals surface area contributed by atoms with Crippen molar-refractivity contribution in [3.05, 3.63) is 28.7 Å². The Kier molecular flexibility index (Phi) is 5.84. The number of fused-ring (bicyclic) bond motifs is 1. The van der Waals surface area contributed by atoms with Crippen molar-refractivity contribution in [2.24, 2.45) is 5.92 Å². The normalized spacial score (nSPS) is 15.1. The molecule has 2 N–H and O–H groups in total. The number of aryl methyl sites for hydroxylation is 2. The molecule has 0 atom stereocenters. The van der Waals surface area contributed by atoms with E-state index in [0.29, 0.717) is 16.8 Å². The number of hydrogen-bond donors (Lipinski definition) is 2. The summed E-state index contributed by atoms with van der Waals surface area (Å²) in [6.45, 7) is 3.85. The number of aromatic nitrogens is 6. The van der Waals surface area contributed by atoms with E-state index in [2.05, 4.69) is 30.6 Å². The minimum absolute atomic E-state index is 0.113. The second-order valence-electron chi connectivity index (χ2n) is 7.78. The fourth-order valence-electron chi connectivity index (χ4n) is 4.11. The molecular formula is C20H27N7OS. The van der Waals surface area contributed by atoms with Crippen LogP contribution in [0.3, 0.4) is 0 Å². The average Bonchev–Trinajstić information content (AvgIpc) is 3.32. The van der Waals surface area contributed by atoms with Gasteiger partial charge < -0.3 is 5.32 Å². The summed E-state index contributed by atoms with van der Waals surface area (Å²) < 4.78 is 1.71. The standard InChI is InChI=1S/C20H27N7OS/c1-12-16(13(2)27-19(21-12)23-20(26-27)29-3)11-18(28)22-17-10-15(24-25-17)9-14-7-5-4-6-8-14/h10,14H,4-9,11H2,1-3H3,(H2,22,24,25,28). The van der Waals surface area contributed by atoms with E-state index in [9.17, 15) is 4.79 Å². The predicted octanol–water partition coefficient (Wildman–Crippen LogP) is 3.49. The molecule has 3 aromatic rings. The summed E-state index contributed by atoms with van der Waals surface area (Å²) in [5, 5.41) is 15.4. The Balaban J connectivity index is 1.43. The quantitative estimate of drug-likeness (QED) is 0.600. The van der Waals surface area contributed by atoms with E-state index < -0.39 is 0 Å². The predicted molar refractivity (Wildman–Crippen MR) is 113 cm³/mol. The SMILES string of the molecule is CSc1nc2nc(C)c(CC(=O)Nc3cc(CC4CCCCC4)[nH]n3)c(C)n2n1. The van der Waals surface area contributed by atoms with Gasteiger partial charge in [-0.3, -0.25) is 9.89 Å². The molecule has 0 aliphatic heterocycles. The van der Waals surface area contributed by atoms with Gasteiger partial charge in [0.05, 0.1) is 6.42 Å². The Bertz CT molecular complexity index is 1020. The second kappa shape index (κ2) is 8.52. The summed E-state index contributed by atoms with van der Waals surface area (Å²) in [6.07, 6.45) is 9.73. The second-order valence-corrected chi connectivity index (χ2v) is 8.56. The van der Waals surface area contributed by atoms with Crippen LogP contribution in [0.15, 0.2) is 11.2 Å². The van der Waals surface area contributed by atoms with Gasteiger partial charge >= 0.3 is 0 Å². The molecule has 4 rings (SSSR count). The van der Waals surface area contributed by atoms with Crippen molar-refractivity contribution in [1.82, 2.24) is 29.8 Å². The van der Waals surface area contributed by atoms with Crippen molar-refractivity contribution >= 4 is 29.3 Å². The number of anilines is 1. The highest BCUT2D eigenvalue weighted by atomic mass is 32.2. The van der Waals surface area contributed by atoms with E-state index >= 15 is 0 Å². The van der Waals surface area contributed by atoms with Gasteiger partial charge in [-0.05, 0) is 32.4 Å². The van der Waals surface area contributed by atoms with Crippen LogP contribution < -0.4 is 5.32 Å². The van der Waals surface area contributed by atoms with E-state index in [1.165, 1.54) is 43.9 Å². The van der Waals surface area contributed by atoms with E-state index in [1.54, 1.807) is 4.52 Å². The van der Waals surface area contributed by atoms with Crippen molar-refractivity contribution in [1.29, 1.82) is 0 Å². The van der Waals surface area contributed by atoms with Gasteiger partial charge in [-0.15, -0.1) is 5.10 Å². The third-order valence-corrected chi connectivity index (χ3v) is 6.22. The number of amides is 1. The van der Waals surface area contributed by atoms with Gasteiger partial charge in [-0.2, -0.15) is 10.1 Å². The number of carbonyl (C=O) groups is 1. The van der Waals surface area contributed by atoms with Crippen molar-refractivity contribution in [2.45, 2.75) is 63.9 Å². The number of carbonyl (C=O) groups excluding carboxylic acids is 1. The largest absolute Gasteiger partial charge is 0.309 e. The Hall–Kier alpha value is -2.42. The van der Waals surface area contributed by atoms with Crippen molar-refractivity contribution in [3.8, 4) is 0 Å². The molecule has 3 heterocycles. The Morgan fingerprint density at radius 1 is 1.28 bits per heavy atom. The maximum Gasteiger partial charge on any atom is 0.253 e. The summed E-state index contributed by atoms with van der Waals surface area (Å²) in [6, 6.07) is 1.95. The number of rotatable bonds is 6. The fourth-order valence-corrected chi connectivity index (χ4v) is 4.45. The molecule has 0 radical (unpaired) electrons. The van der Waals surface area contributed by atoms with Crippen LogP contribution >= 0.6 is 11.8 Å². The molecule has 1 aliphatic carbocycles. The van der Waals surface area contributed by atoms with Gasteiger partial charge in [-0.1, -0.05) is 43.9 Å². The van der Waals surface area contributed by atoms with E-state index in [4.69, 9.17) is 0 Å². The molecule has 0 bridgehead atoms. The number of thioether (sulfide) groups is 1. The highest BCUT2D eigenvalue weighted by Crippen LogP contribution is 2.27. The minimum atomic E-state index is -0.113. The lowest BCUT2D eigenvalue weighted by Gasteiger charge is -2.20. The summed E-state index contributed by atoms with van der Waals surface area (Å²) in [7, 11) is 0. The van der Waals surface area contributed by atoms with Crippen LogP contribution in [0.4, 0.5) is 5.82 Å². The van der Waals surface area contributed by atoms with Gasteiger partial charge in [0, 0.05) is 28.7 Å². The first-order valence-corrected chi connectivity index (χ1v) is 11.4. The van der Waals surface area contributed by atoms with E-state index in [-0.39, 0.29) is 12.3 Å². The van der Waals surface area contributed by atoms with Crippen molar-refractivity contribution in [2.75, 3.05) is 11.6 Å². The molecule has 154 valence electrons. The molecule has 3 aromatic heterocycles. The molecule has 8 nitrogen and oxygen atoms in total. The first kappa shape index (κ1) is 19.9. The zero-order chi connectivity index (χ0) is 20.4. The molecule has 0 spiro atoms. The molecule has 29 heavy (non-hydrogen) atoms. The van der Waals surface area contributed by atoms with Gasteiger partial charge in [0.15, 0.2) is 5.82 Å². The lowest BCUT2D eigenvalue weighted by molar-refractivity contribution is -0.115. The van der Waals surface area contributed by atoms with Crippen LogP contribution in [0.5, 0.6) is 0 Å². The zero-order valence-corrected chi connectivity index (χ0v) is 18.0. The first-order valence-electron chi connectivity index (χ1n) is 10.1. The minimum Gasteiger partial charge on any atom is -0.309 e. The highest BCUT2D eigenvalue weighted by Gasteiger charge is 2.18. The van der Waals surface area contributed by atoms with Crippen molar-refractivity contribution < 1.29 is 4.79 Å². The van der Waals surface area contributed by atoms with Gasteiger partial charge in [0.25, 0.3) is 5.78 Å². The average molecular weight is 414 g/mol. The van der Waals surface area contributed by atoms with Gasteiger partial charge in [0.2, 0.25) is 11.1 Å². The summed E-state index contributed by atoms with van der Waals surface area (Å²) in [4.78, 5) is 21.5. The third kappa shape index (κ3) is 4.44. The number of H-pyrrole nitrogens is 1. The molecular weight excluding hydrogens is 386 g/mol. The van der Waals surface area contributed by atoms with E-state index in [0.717, 1.165) is 35.0 Å². The van der Waals surface area contributed by atoms with Crippen LogP contribution in [-0.4, -0.2) is 41.9 Å². The van der Waals surface area contributed by atoms with E-state index in [1.807, 2.05) is 26.2 Å².